The Kier molecular flexibility index (Phi) is 7.82. The van der Waals surface area contributed by atoms with Crippen molar-refractivity contribution in [3.05, 3.63) is 35.4 Å². The van der Waals surface area contributed by atoms with E-state index in [-0.39, 0.29) is 42.6 Å². The van der Waals surface area contributed by atoms with Crippen LogP contribution in [0, 0.1) is 17.6 Å². The van der Waals surface area contributed by atoms with Crippen LogP contribution in [0.4, 0.5) is 8.78 Å². The highest BCUT2D eigenvalue weighted by Crippen LogP contribution is 2.16. The molecule has 0 aromatic heterocycles. The van der Waals surface area contributed by atoms with Crippen LogP contribution in [0.3, 0.4) is 0 Å². The summed E-state index contributed by atoms with van der Waals surface area (Å²) >= 11 is 0. The van der Waals surface area contributed by atoms with Crippen molar-refractivity contribution in [2.24, 2.45) is 11.7 Å². The second kappa shape index (κ2) is 8.29. The minimum absolute atomic E-state index is 0. The second-order valence-corrected chi connectivity index (χ2v) is 5.54. The van der Waals surface area contributed by atoms with E-state index in [1.54, 1.807) is 0 Å². The van der Waals surface area contributed by atoms with Crippen LogP contribution < -0.4 is 11.1 Å². The van der Waals surface area contributed by atoms with Crippen molar-refractivity contribution in [3.63, 3.8) is 0 Å². The van der Waals surface area contributed by atoms with Crippen LogP contribution >= 0.6 is 12.4 Å². The van der Waals surface area contributed by atoms with Crippen molar-refractivity contribution >= 4 is 18.3 Å². The molecule has 1 rings (SSSR count). The Morgan fingerprint density at radius 1 is 1.38 bits per heavy atom. The van der Waals surface area contributed by atoms with Gasteiger partial charge in [0.15, 0.2) is 11.6 Å². The predicted molar refractivity (Wildman–Crippen MR) is 82.4 cm³/mol. The highest BCUT2D eigenvalue weighted by Gasteiger charge is 2.28. The lowest BCUT2D eigenvalue weighted by Crippen LogP contribution is -2.55. The number of nitrogens with one attached hydrogen (secondary N) is 1. The van der Waals surface area contributed by atoms with Crippen molar-refractivity contribution in [1.82, 2.24) is 5.32 Å². The summed E-state index contributed by atoms with van der Waals surface area (Å²) in [4.78, 5) is 11.9. The smallest absolute Gasteiger partial charge is 0.220 e. The molecule has 0 aliphatic heterocycles. The lowest BCUT2D eigenvalue weighted by atomic mass is 9.88. The van der Waals surface area contributed by atoms with E-state index in [1.165, 1.54) is 12.1 Å². The molecule has 1 atom stereocenters. The van der Waals surface area contributed by atoms with Gasteiger partial charge >= 0.3 is 0 Å². The molecule has 1 unspecified atom stereocenters. The van der Waals surface area contributed by atoms with E-state index in [1.807, 2.05) is 20.8 Å². The number of hydrogen-bond acceptors (Lipinski definition) is 2. The first-order valence-electron chi connectivity index (χ1n) is 6.74. The number of aryl methyl sites for hydroxylation is 1. The zero-order valence-corrected chi connectivity index (χ0v) is 13.4. The van der Waals surface area contributed by atoms with Gasteiger partial charge in [-0.1, -0.05) is 26.0 Å². The number of carbonyl (C=O) groups excluding carboxylic acids is 1. The van der Waals surface area contributed by atoms with Gasteiger partial charge in [0.25, 0.3) is 0 Å². The first-order valence-corrected chi connectivity index (χ1v) is 6.74. The van der Waals surface area contributed by atoms with Gasteiger partial charge in [0.1, 0.15) is 0 Å². The predicted octanol–water partition coefficient (Wildman–Crippen LogP) is 2.81. The molecule has 6 heteroatoms. The third-order valence-corrected chi connectivity index (χ3v) is 3.78. The average Bonchev–Trinajstić information content (AvgIpc) is 2.40. The monoisotopic (exact) mass is 320 g/mol. The molecule has 21 heavy (non-hydrogen) atoms. The number of hydrogen-bond donors (Lipinski definition) is 2. The molecule has 120 valence electrons. The van der Waals surface area contributed by atoms with Crippen LogP contribution in [0.15, 0.2) is 18.2 Å². The van der Waals surface area contributed by atoms with Crippen molar-refractivity contribution in [2.45, 2.75) is 39.2 Å². The Morgan fingerprint density at radius 2 is 2.00 bits per heavy atom. The van der Waals surface area contributed by atoms with Crippen LogP contribution in [0.1, 0.15) is 32.8 Å². The van der Waals surface area contributed by atoms with Crippen LogP contribution in [0.25, 0.3) is 0 Å². The Labute approximate surface area is 130 Å². The molecular formula is C15H23ClF2N2O. The molecule has 0 aliphatic rings. The molecule has 0 radical (unpaired) electrons. The normalized spacial score (nSPS) is 13.5. The molecule has 0 fully saturated rings. The number of nitrogens with two attached hydrogens (primary N) is 1. The molecule has 1 aromatic carbocycles. The minimum atomic E-state index is -0.892. The van der Waals surface area contributed by atoms with Gasteiger partial charge in [0.2, 0.25) is 5.91 Å². The summed E-state index contributed by atoms with van der Waals surface area (Å²) < 4.78 is 26.5. The molecule has 0 aliphatic carbocycles. The van der Waals surface area contributed by atoms with Gasteiger partial charge in [0, 0.05) is 13.0 Å². The van der Waals surface area contributed by atoms with Crippen LogP contribution in [0.2, 0.25) is 0 Å². The van der Waals surface area contributed by atoms with Crippen molar-refractivity contribution in [2.75, 3.05) is 6.54 Å². The maximum Gasteiger partial charge on any atom is 0.220 e. The fraction of sp³-hybridized carbons (Fsp3) is 0.533. The topological polar surface area (TPSA) is 55.1 Å². The van der Waals surface area contributed by atoms with E-state index in [2.05, 4.69) is 5.32 Å². The fourth-order valence-electron chi connectivity index (χ4n) is 1.80. The highest BCUT2D eigenvalue weighted by atomic mass is 35.5. The molecule has 0 heterocycles. The standard InChI is InChI=1S/C15H22F2N2O.ClH/c1-10(2)15(3,9-18)19-13(20)8-7-11-5-4-6-12(16)14(11)17;/h4-6,10H,7-9,18H2,1-3H3,(H,19,20);1H. The summed E-state index contributed by atoms with van der Waals surface area (Å²) in [6.07, 6.45) is 0.261. The summed E-state index contributed by atoms with van der Waals surface area (Å²) in [7, 11) is 0. The molecule has 3 nitrogen and oxygen atoms in total. The molecule has 0 spiro atoms. The van der Waals surface area contributed by atoms with Gasteiger partial charge in [-0.3, -0.25) is 4.79 Å². The highest BCUT2D eigenvalue weighted by molar-refractivity contribution is 5.85. The molecule has 1 amide bonds. The van der Waals surface area contributed by atoms with Crippen LogP contribution in [0.5, 0.6) is 0 Å². The van der Waals surface area contributed by atoms with E-state index in [0.717, 1.165) is 6.07 Å². The van der Waals surface area contributed by atoms with Crippen LogP contribution in [-0.4, -0.2) is 18.0 Å². The van der Waals surface area contributed by atoms with Crippen molar-refractivity contribution < 1.29 is 13.6 Å². The van der Waals surface area contributed by atoms with Gasteiger partial charge in [-0.2, -0.15) is 0 Å². The van der Waals surface area contributed by atoms with Gasteiger partial charge < -0.3 is 11.1 Å². The van der Waals surface area contributed by atoms with E-state index in [4.69, 9.17) is 5.73 Å². The Bertz CT molecular complexity index is 483. The Balaban J connectivity index is 0.00000400. The number of benzene rings is 1. The summed E-state index contributed by atoms with van der Waals surface area (Å²) in [6, 6.07) is 3.98. The minimum Gasteiger partial charge on any atom is -0.349 e. The zero-order valence-electron chi connectivity index (χ0n) is 12.6. The first-order chi connectivity index (χ1) is 9.30. The Hall–Kier alpha value is -1.20. The third-order valence-electron chi connectivity index (χ3n) is 3.78. The third kappa shape index (κ3) is 5.25. The van der Waals surface area contributed by atoms with Gasteiger partial charge in [0.05, 0.1) is 5.54 Å². The lowest BCUT2D eigenvalue weighted by molar-refractivity contribution is -0.123. The van der Waals surface area contributed by atoms with Gasteiger partial charge in [-0.05, 0) is 30.9 Å². The van der Waals surface area contributed by atoms with E-state index < -0.39 is 17.2 Å². The summed E-state index contributed by atoms with van der Waals surface area (Å²) in [5, 5.41) is 2.87. The number of carbonyl (C=O) groups is 1. The number of halogens is 3. The zero-order chi connectivity index (χ0) is 15.3. The molecule has 3 N–H and O–H groups in total. The SMILES string of the molecule is CC(C)C(C)(CN)NC(=O)CCc1cccc(F)c1F.Cl. The molecule has 1 aromatic rings. The first kappa shape index (κ1) is 19.8. The van der Waals surface area contributed by atoms with Gasteiger partial charge in [-0.25, -0.2) is 8.78 Å². The van der Waals surface area contributed by atoms with Gasteiger partial charge in [-0.15, -0.1) is 12.4 Å². The second-order valence-electron chi connectivity index (χ2n) is 5.54. The van der Waals surface area contributed by atoms with E-state index in [0.29, 0.717) is 6.54 Å². The maximum atomic E-state index is 13.5. The largest absolute Gasteiger partial charge is 0.349 e. The summed E-state index contributed by atoms with van der Waals surface area (Å²) in [6.45, 7) is 6.14. The molecule has 0 bridgehead atoms. The molecule has 0 saturated carbocycles. The van der Waals surface area contributed by atoms with E-state index in [9.17, 15) is 13.6 Å². The average molecular weight is 321 g/mol. The lowest BCUT2D eigenvalue weighted by Gasteiger charge is -2.33. The number of amides is 1. The quantitative estimate of drug-likeness (QED) is 0.847. The molecular weight excluding hydrogens is 298 g/mol. The van der Waals surface area contributed by atoms with Crippen molar-refractivity contribution in [3.8, 4) is 0 Å². The number of rotatable bonds is 6. The summed E-state index contributed by atoms with van der Waals surface area (Å²) in [5.74, 6) is -1.81. The molecule has 0 saturated heterocycles. The van der Waals surface area contributed by atoms with E-state index >= 15 is 0 Å². The van der Waals surface area contributed by atoms with Crippen LogP contribution in [-0.2, 0) is 11.2 Å². The maximum absolute atomic E-state index is 13.5. The summed E-state index contributed by atoms with van der Waals surface area (Å²) in [5.41, 5.74) is 5.40. The van der Waals surface area contributed by atoms with Crippen molar-refractivity contribution in [1.29, 1.82) is 0 Å². The fourth-order valence-corrected chi connectivity index (χ4v) is 1.80. The Morgan fingerprint density at radius 3 is 2.52 bits per heavy atom.